The van der Waals surface area contributed by atoms with Gasteiger partial charge in [0.15, 0.2) is 0 Å². The number of hydrogen-bond acceptors (Lipinski definition) is 2. The summed E-state index contributed by atoms with van der Waals surface area (Å²) < 4.78 is 16.2. The Hall–Kier alpha value is -1.65. The van der Waals surface area contributed by atoms with E-state index in [2.05, 4.69) is 22.5 Å². The van der Waals surface area contributed by atoms with Crippen molar-refractivity contribution < 1.29 is 9.50 Å². The molecule has 1 aromatic heterocycles. The van der Waals surface area contributed by atoms with Gasteiger partial charge in [-0.1, -0.05) is 50.8 Å². The molecule has 28 heavy (non-hydrogen) atoms. The number of hydrogen-bond donors (Lipinski definition) is 1. The highest BCUT2D eigenvalue weighted by atomic mass is 19.1. The fourth-order valence-corrected chi connectivity index (χ4v) is 4.45. The number of rotatable bonds is 10. The lowest BCUT2D eigenvalue weighted by Gasteiger charge is -2.31. The molecule has 1 heterocycles. The number of nitrogens with zero attached hydrogens (tertiary/aromatic N) is 2. The zero-order valence-corrected chi connectivity index (χ0v) is 17.2. The van der Waals surface area contributed by atoms with E-state index in [9.17, 15) is 9.50 Å². The molecular weight excluding hydrogens is 351 g/mol. The van der Waals surface area contributed by atoms with E-state index in [0.29, 0.717) is 12.1 Å². The first-order valence-electron chi connectivity index (χ1n) is 10.9. The lowest BCUT2D eigenvalue weighted by molar-refractivity contribution is 0.0853. The molecule has 1 aromatic carbocycles. The van der Waals surface area contributed by atoms with Crippen LogP contribution in [0.15, 0.2) is 42.6 Å². The molecule has 0 unspecified atom stereocenters. The van der Waals surface area contributed by atoms with Crippen LogP contribution in [0.5, 0.6) is 0 Å². The fraction of sp³-hybridized carbons (Fsp3) is 0.583. The second-order valence-electron chi connectivity index (χ2n) is 8.36. The Morgan fingerprint density at radius 3 is 2.68 bits per heavy atom. The quantitative estimate of drug-likeness (QED) is 0.606. The molecule has 3 nitrogen and oxygen atoms in total. The number of benzene rings is 1. The summed E-state index contributed by atoms with van der Waals surface area (Å²) in [5.74, 6) is 0.581. The van der Waals surface area contributed by atoms with E-state index >= 15 is 0 Å². The first kappa shape index (κ1) is 21.1. The second-order valence-corrected chi connectivity index (χ2v) is 8.36. The molecule has 0 radical (unpaired) electrons. The summed E-state index contributed by atoms with van der Waals surface area (Å²) in [5.41, 5.74) is 1.90. The minimum absolute atomic E-state index is 0.153. The van der Waals surface area contributed by atoms with Crippen molar-refractivity contribution in [2.24, 2.45) is 5.92 Å². The molecule has 0 amide bonds. The second kappa shape index (κ2) is 10.8. The molecule has 3 rings (SSSR count). The van der Waals surface area contributed by atoms with Crippen molar-refractivity contribution >= 4 is 0 Å². The topological polar surface area (TPSA) is 28.4 Å². The third kappa shape index (κ3) is 6.18. The highest BCUT2D eigenvalue weighted by molar-refractivity contribution is 5.19. The van der Waals surface area contributed by atoms with Gasteiger partial charge in [-0.05, 0) is 43.4 Å². The van der Waals surface area contributed by atoms with Crippen LogP contribution in [0, 0.1) is 11.7 Å². The highest BCUT2D eigenvalue weighted by Gasteiger charge is 2.20. The van der Waals surface area contributed by atoms with Gasteiger partial charge in [-0.15, -0.1) is 0 Å². The molecule has 1 N–H and O–H groups in total. The first-order valence-corrected chi connectivity index (χ1v) is 10.9. The third-order valence-corrected chi connectivity index (χ3v) is 5.94. The maximum absolute atomic E-state index is 14.1. The summed E-state index contributed by atoms with van der Waals surface area (Å²) >= 11 is 0. The van der Waals surface area contributed by atoms with Gasteiger partial charge < -0.3 is 9.67 Å². The number of aliphatic hydroxyl groups excluding tert-OH is 1. The highest BCUT2D eigenvalue weighted by Crippen LogP contribution is 2.25. The van der Waals surface area contributed by atoms with Gasteiger partial charge in [0, 0.05) is 37.1 Å². The summed E-state index contributed by atoms with van der Waals surface area (Å²) in [6, 6.07) is 11.2. The van der Waals surface area contributed by atoms with E-state index in [0.717, 1.165) is 38.4 Å². The summed E-state index contributed by atoms with van der Waals surface area (Å²) in [6.07, 6.45) is 10.2. The molecule has 1 fully saturated rings. The minimum atomic E-state index is -0.274. The monoisotopic (exact) mass is 386 g/mol. The van der Waals surface area contributed by atoms with Crippen LogP contribution in [0.2, 0.25) is 0 Å². The Morgan fingerprint density at radius 1 is 1.14 bits per heavy atom. The Bertz CT molecular complexity index is 708. The van der Waals surface area contributed by atoms with Gasteiger partial charge >= 0.3 is 0 Å². The van der Waals surface area contributed by atoms with Crippen molar-refractivity contribution in [3.8, 4) is 0 Å². The molecule has 154 valence electrons. The van der Waals surface area contributed by atoms with Crippen LogP contribution in [0.1, 0.15) is 63.1 Å². The van der Waals surface area contributed by atoms with Crippen LogP contribution >= 0.6 is 0 Å². The molecule has 0 aliphatic heterocycles. The average Bonchev–Trinajstić information content (AvgIpc) is 3.11. The van der Waals surface area contributed by atoms with Crippen molar-refractivity contribution in [1.82, 2.24) is 9.47 Å². The van der Waals surface area contributed by atoms with E-state index < -0.39 is 0 Å². The molecular formula is C24H35FN2O. The molecule has 0 spiro atoms. The molecule has 1 saturated carbocycles. The Morgan fingerprint density at radius 2 is 1.93 bits per heavy atom. The number of aliphatic hydroxyl groups is 1. The van der Waals surface area contributed by atoms with Crippen molar-refractivity contribution in [3.05, 3.63) is 59.7 Å². The summed E-state index contributed by atoms with van der Waals surface area (Å²) in [7, 11) is 0. The van der Waals surface area contributed by atoms with Crippen molar-refractivity contribution in [2.75, 3.05) is 13.1 Å². The maximum Gasteiger partial charge on any atom is 0.128 e. The summed E-state index contributed by atoms with van der Waals surface area (Å²) in [5, 5.41) is 10.4. The van der Waals surface area contributed by atoms with Crippen LogP contribution in [0.4, 0.5) is 4.39 Å². The number of halogens is 1. The summed E-state index contributed by atoms with van der Waals surface area (Å²) in [6.45, 7) is 5.23. The van der Waals surface area contributed by atoms with Gasteiger partial charge in [0.2, 0.25) is 0 Å². The van der Waals surface area contributed by atoms with Crippen molar-refractivity contribution in [2.45, 2.75) is 71.1 Å². The van der Waals surface area contributed by atoms with Crippen LogP contribution in [0.25, 0.3) is 0 Å². The molecule has 0 bridgehead atoms. The zero-order chi connectivity index (χ0) is 19.8. The largest absolute Gasteiger partial charge is 0.392 e. The van der Waals surface area contributed by atoms with Gasteiger partial charge in [-0.25, -0.2) is 4.39 Å². The van der Waals surface area contributed by atoms with E-state index in [1.807, 2.05) is 24.4 Å². The maximum atomic E-state index is 14.1. The van der Waals surface area contributed by atoms with E-state index in [-0.39, 0.29) is 11.9 Å². The Balaban J connectivity index is 1.69. The molecule has 1 aliphatic carbocycles. The average molecular weight is 387 g/mol. The predicted octanol–water partition coefficient (Wildman–Crippen LogP) is 5.22. The van der Waals surface area contributed by atoms with E-state index in [1.54, 1.807) is 6.07 Å². The molecule has 0 saturated heterocycles. The van der Waals surface area contributed by atoms with Gasteiger partial charge in [0.25, 0.3) is 0 Å². The van der Waals surface area contributed by atoms with Crippen LogP contribution in [-0.4, -0.2) is 33.8 Å². The minimum Gasteiger partial charge on any atom is -0.392 e. The normalized spacial score (nSPS) is 16.6. The van der Waals surface area contributed by atoms with Crippen LogP contribution < -0.4 is 0 Å². The summed E-state index contributed by atoms with van der Waals surface area (Å²) in [4.78, 5) is 2.42. The first-order chi connectivity index (χ1) is 13.7. The van der Waals surface area contributed by atoms with Gasteiger partial charge in [0.05, 0.1) is 12.6 Å². The zero-order valence-electron chi connectivity index (χ0n) is 17.2. The van der Waals surface area contributed by atoms with E-state index in [1.165, 1.54) is 43.9 Å². The standard InChI is InChI=1S/C24H35FN2O/c1-2-9-23(28)19-26(16-20-10-4-3-5-11-20)18-22-13-8-15-27(22)17-21-12-6-7-14-24(21)25/h6-8,12-15,20,23,28H,2-5,9-11,16-19H2,1H3/t23-/m0/s1. The van der Waals surface area contributed by atoms with Crippen molar-refractivity contribution in [1.29, 1.82) is 0 Å². The third-order valence-electron chi connectivity index (χ3n) is 5.94. The Kier molecular flexibility index (Phi) is 8.11. The Labute approximate surface area is 169 Å². The van der Waals surface area contributed by atoms with Gasteiger partial charge in [-0.3, -0.25) is 4.90 Å². The lowest BCUT2D eigenvalue weighted by atomic mass is 9.89. The van der Waals surface area contributed by atoms with Gasteiger partial charge in [-0.2, -0.15) is 0 Å². The predicted molar refractivity (Wildman–Crippen MR) is 113 cm³/mol. The fourth-order valence-electron chi connectivity index (χ4n) is 4.45. The van der Waals surface area contributed by atoms with Crippen molar-refractivity contribution in [3.63, 3.8) is 0 Å². The molecule has 2 aromatic rings. The van der Waals surface area contributed by atoms with E-state index in [4.69, 9.17) is 0 Å². The molecule has 1 aliphatic rings. The van der Waals surface area contributed by atoms with Gasteiger partial charge in [0.1, 0.15) is 5.82 Å². The smallest absolute Gasteiger partial charge is 0.128 e. The molecule has 4 heteroatoms. The number of aromatic nitrogens is 1. The molecule has 1 atom stereocenters. The lowest BCUT2D eigenvalue weighted by Crippen LogP contribution is -2.36. The van der Waals surface area contributed by atoms with Crippen LogP contribution in [-0.2, 0) is 13.1 Å². The van der Waals surface area contributed by atoms with Crippen LogP contribution in [0.3, 0.4) is 0 Å². The SMILES string of the molecule is CCC[C@H](O)CN(Cc1cccn1Cc1ccccc1F)CC1CCCCC1.